The van der Waals surface area contributed by atoms with Crippen molar-refractivity contribution in [2.75, 3.05) is 7.11 Å². The molecule has 0 unspecified atom stereocenters. The van der Waals surface area contributed by atoms with Crippen LogP contribution in [0.4, 0.5) is 13.2 Å². The summed E-state index contributed by atoms with van der Waals surface area (Å²) in [6, 6.07) is 9.20. The van der Waals surface area contributed by atoms with Crippen molar-refractivity contribution in [3.63, 3.8) is 0 Å². The Hall–Kier alpha value is -3.69. The molecular formula is C25H25F3N6O. The zero-order valence-electron chi connectivity index (χ0n) is 19.6. The molecule has 0 saturated heterocycles. The molecule has 0 amide bonds. The standard InChI is InChI=1S/C25H25F3N6O/c1-4-33-13-20(25(26,27)28)31-23(33)18-9-5-16(6-10-18)15(2)34-12-11-19(32-34)21-22(17-7-8-17)29-14-30-24(21)35-3/h5-6,9-15,17H,4,7-8H2,1-3H3/t15-/m1/s1. The predicted molar refractivity (Wildman–Crippen MR) is 124 cm³/mol. The number of methoxy groups -OCH3 is 1. The zero-order valence-corrected chi connectivity index (χ0v) is 19.6. The van der Waals surface area contributed by atoms with Crippen LogP contribution in [0.15, 0.2) is 49.1 Å². The Balaban J connectivity index is 1.42. The SMILES string of the molecule is CCn1cc(C(F)(F)F)nc1-c1ccc([C@@H](C)n2ccc(-c3c(OC)ncnc3C3CC3)n2)cc1. The topological polar surface area (TPSA) is 70.7 Å². The molecule has 3 heterocycles. The van der Waals surface area contributed by atoms with Gasteiger partial charge in [-0.1, -0.05) is 24.3 Å². The molecule has 10 heteroatoms. The lowest BCUT2D eigenvalue weighted by Gasteiger charge is -2.14. The van der Waals surface area contributed by atoms with E-state index in [0.717, 1.165) is 41.6 Å². The van der Waals surface area contributed by atoms with Crippen LogP contribution in [0.5, 0.6) is 5.88 Å². The third-order valence-electron chi connectivity index (χ3n) is 6.32. The van der Waals surface area contributed by atoms with E-state index >= 15 is 0 Å². The van der Waals surface area contributed by atoms with Crippen LogP contribution in [0.25, 0.3) is 22.6 Å². The summed E-state index contributed by atoms with van der Waals surface area (Å²) in [5.74, 6) is 1.21. The minimum atomic E-state index is -4.48. The summed E-state index contributed by atoms with van der Waals surface area (Å²) in [6.45, 7) is 4.20. The van der Waals surface area contributed by atoms with Crippen LogP contribution in [-0.2, 0) is 12.7 Å². The Morgan fingerprint density at radius 2 is 1.86 bits per heavy atom. The lowest BCUT2D eigenvalue weighted by molar-refractivity contribution is -0.140. The van der Waals surface area contributed by atoms with E-state index in [1.54, 1.807) is 26.2 Å². The number of nitrogens with zero attached hydrogens (tertiary/aromatic N) is 6. The highest BCUT2D eigenvalue weighted by atomic mass is 19.4. The van der Waals surface area contributed by atoms with Crippen LogP contribution in [0.1, 0.15) is 55.6 Å². The molecule has 1 saturated carbocycles. The van der Waals surface area contributed by atoms with Gasteiger partial charge in [-0.25, -0.2) is 15.0 Å². The summed E-state index contributed by atoms with van der Waals surface area (Å²) in [6.07, 6.45) is 2.19. The van der Waals surface area contributed by atoms with Gasteiger partial charge in [-0.2, -0.15) is 18.3 Å². The largest absolute Gasteiger partial charge is 0.480 e. The van der Waals surface area contributed by atoms with Crippen LogP contribution in [0.3, 0.4) is 0 Å². The normalized spacial score (nSPS) is 14.8. The van der Waals surface area contributed by atoms with Crippen molar-refractivity contribution < 1.29 is 17.9 Å². The van der Waals surface area contributed by atoms with Gasteiger partial charge in [0.15, 0.2) is 5.69 Å². The molecule has 0 N–H and O–H groups in total. The average molecular weight is 483 g/mol. The first kappa shape index (κ1) is 23.1. The van der Waals surface area contributed by atoms with Crippen molar-refractivity contribution in [2.45, 2.75) is 51.4 Å². The van der Waals surface area contributed by atoms with Crippen LogP contribution >= 0.6 is 0 Å². The van der Waals surface area contributed by atoms with E-state index < -0.39 is 11.9 Å². The van der Waals surface area contributed by atoms with Crippen molar-refractivity contribution in [1.29, 1.82) is 0 Å². The maximum Gasteiger partial charge on any atom is 0.434 e. The molecule has 4 aromatic rings. The number of hydrogen-bond acceptors (Lipinski definition) is 5. The van der Waals surface area contributed by atoms with Gasteiger partial charge in [0, 0.05) is 30.4 Å². The van der Waals surface area contributed by atoms with Crippen LogP contribution in [0.2, 0.25) is 0 Å². The molecule has 1 fully saturated rings. The summed E-state index contributed by atoms with van der Waals surface area (Å²) < 4.78 is 48.3. The summed E-state index contributed by atoms with van der Waals surface area (Å²) in [7, 11) is 1.59. The maximum atomic E-state index is 13.1. The fraction of sp³-hybridized carbons (Fsp3) is 0.360. The van der Waals surface area contributed by atoms with Gasteiger partial charge in [0.1, 0.15) is 12.2 Å². The molecule has 1 aliphatic rings. The third-order valence-corrected chi connectivity index (χ3v) is 6.32. The van der Waals surface area contributed by atoms with Gasteiger partial charge in [0.05, 0.1) is 30.1 Å². The summed E-state index contributed by atoms with van der Waals surface area (Å²) in [5, 5.41) is 4.79. The number of aromatic nitrogens is 6. The van der Waals surface area contributed by atoms with E-state index in [-0.39, 0.29) is 6.04 Å². The number of alkyl halides is 3. The first-order valence-corrected chi connectivity index (χ1v) is 11.5. The number of ether oxygens (including phenoxy) is 1. The number of rotatable bonds is 7. The smallest absolute Gasteiger partial charge is 0.434 e. The number of halogens is 3. The van der Waals surface area contributed by atoms with Crippen molar-refractivity contribution >= 4 is 0 Å². The Morgan fingerprint density at radius 1 is 1.11 bits per heavy atom. The minimum absolute atomic E-state index is 0.102. The number of benzene rings is 1. The van der Waals surface area contributed by atoms with E-state index in [1.165, 1.54) is 10.9 Å². The molecule has 0 radical (unpaired) electrons. The van der Waals surface area contributed by atoms with Crippen molar-refractivity contribution in [2.24, 2.45) is 0 Å². The molecule has 0 spiro atoms. The second-order valence-electron chi connectivity index (χ2n) is 8.63. The highest BCUT2D eigenvalue weighted by Crippen LogP contribution is 2.45. The van der Waals surface area contributed by atoms with Gasteiger partial charge in [-0.05, 0) is 38.3 Å². The van der Waals surface area contributed by atoms with Gasteiger partial charge >= 0.3 is 6.18 Å². The van der Waals surface area contributed by atoms with Gasteiger partial charge in [-0.3, -0.25) is 4.68 Å². The Morgan fingerprint density at radius 3 is 2.49 bits per heavy atom. The highest BCUT2D eigenvalue weighted by Gasteiger charge is 2.35. The summed E-state index contributed by atoms with van der Waals surface area (Å²) in [5.41, 5.74) is 3.24. The fourth-order valence-electron chi connectivity index (χ4n) is 4.22. The lowest BCUT2D eigenvalue weighted by atomic mass is 10.1. The minimum Gasteiger partial charge on any atom is -0.480 e. The van der Waals surface area contributed by atoms with Gasteiger partial charge in [0.2, 0.25) is 5.88 Å². The summed E-state index contributed by atoms with van der Waals surface area (Å²) >= 11 is 0. The van der Waals surface area contributed by atoms with E-state index in [1.807, 2.05) is 36.0 Å². The molecule has 0 bridgehead atoms. The quantitative estimate of drug-likeness (QED) is 0.336. The van der Waals surface area contributed by atoms with E-state index in [2.05, 4.69) is 15.0 Å². The highest BCUT2D eigenvalue weighted by molar-refractivity contribution is 5.68. The van der Waals surface area contributed by atoms with Crippen molar-refractivity contribution in [1.82, 2.24) is 29.3 Å². The van der Waals surface area contributed by atoms with Crippen LogP contribution in [-0.4, -0.2) is 36.4 Å². The maximum absolute atomic E-state index is 13.1. The molecule has 7 nitrogen and oxygen atoms in total. The molecule has 1 aromatic carbocycles. The van der Waals surface area contributed by atoms with Gasteiger partial charge in [0.25, 0.3) is 0 Å². The molecule has 35 heavy (non-hydrogen) atoms. The second kappa shape index (κ2) is 8.83. The summed E-state index contributed by atoms with van der Waals surface area (Å²) in [4.78, 5) is 12.6. The molecule has 5 rings (SSSR count). The molecular weight excluding hydrogens is 457 g/mol. The Labute approximate surface area is 200 Å². The number of aryl methyl sites for hydroxylation is 1. The molecule has 3 aromatic heterocycles. The van der Waals surface area contributed by atoms with E-state index in [9.17, 15) is 13.2 Å². The van der Waals surface area contributed by atoms with Crippen molar-refractivity contribution in [3.05, 3.63) is 66.0 Å². The monoisotopic (exact) mass is 482 g/mol. The zero-order chi connectivity index (χ0) is 24.7. The molecule has 182 valence electrons. The first-order valence-electron chi connectivity index (χ1n) is 11.5. The van der Waals surface area contributed by atoms with Gasteiger partial charge < -0.3 is 9.30 Å². The molecule has 1 aliphatic carbocycles. The van der Waals surface area contributed by atoms with Crippen molar-refractivity contribution in [3.8, 4) is 28.5 Å². The fourth-order valence-corrected chi connectivity index (χ4v) is 4.22. The lowest BCUT2D eigenvalue weighted by Crippen LogP contribution is -2.08. The van der Waals surface area contributed by atoms with Crippen LogP contribution < -0.4 is 4.74 Å². The number of imidazole rings is 1. The average Bonchev–Trinajstić information content (AvgIpc) is 3.41. The van der Waals surface area contributed by atoms with E-state index in [4.69, 9.17) is 9.84 Å². The molecule has 1 atom stereocenters. The first-order chi connectivity index (χ1) is 16.8. The third kappa shape index (κ3) is 4.40. The predicted octanol–water partition coefficient (Wildman–Crippen LogP) is 5.74. The van der Waals surface area contributed by atoms with Gasteiger partial charge in [-0.15, -0.1) is 0 Å². The second-order valence-corrected chi connectivity index (χ2v) is 8.63. The van der Waals surface area contributed by atoms with Crippen LogP contribution in [0, 0.1) is 0 Å². The Kier molecular flexibility index (Phi) is 5.82. The molecule has 0 aliphatic heterocycles. The Bertz CT molecular complexity index is 1340. The number of hydrogen-bond donors (Lipinski definition) is 0. The van der Waals surface area contributed by atoms with E-state index in [0.29, 0.717) is 29.7 Å².